The van der Waals surface area contributed by atoms with Crippen molar-refractivity contribution in [2.45, 2.75) is 31.8 Å². The molecule has 0 radical (unpaired) electrons. The zero-order valence-corrected chi connectivity index (χ0v) is 14.3. The van der Waals surface area contributed by atoms with Crippen molar-refractivity contribution in [3.05, 3.63) is 29.8 Å². The number of esters is 1. The van der Waals surface area contributed by atoms with Crippen LogP contribution in [-0.4, -0.2) is 35.8 Å². The lowest BCUT2D eigenvalue weighted by Crippen LogP contribution is -2.25. The molecule has 6 heteroatoms. The number of rotatable bonds is 7. The van der Waals surface area contributed by atoms with Crippen LogP contribution >= 0.6 is 24.0 Å². The Labute approximate surface area is 140 Å². The Balaban J connectivity index is 1.54. The van der Waals surface area contributed by atoms with Gasteiger partial charge >= 0.3 is 5.97 Å². The predicted octanol–water partition coefficient (Wildman–Crippen LogP) is 2.94. The molecule has 0 saturated carbocycles. The van der Waals surface area contributed by atoms with Crippen LogP contribution in [0.5, 0.6) is 5.75 Å². The Morgan fingerprint density at radius 1 is 1.50 bits per heavy atom. The first-order valence-electron chi connectivity index (χ1n) is 7.41. The van der Waals surface area contributed by atoms with Crippen molar-refractivity contribution < 1.29 is 14.3 Å². The van der Waals surface area contributed by atoms with Crippen molar-refractivity contribution >= 4 is 34.3 Å². The fourth-order valence-corrected chi connectivity index (χ4v) is 3.31. The van der Waals surface area contributed by atoms with Crippen molar-refractivity contribution in [3.63, 3.8) is 0 Å². The Kier molecular flexibility index (Phi) is 6.99. The van der Waals surface area contributed by atoms with Crippen LogP contribution in [0, 0.1) is 0 Å². The van der Waals surface area contributed by atoms with E-state index in [4.69, 9.17) is 17.0 Å². The number of fused-ring (bicyclic) bond motifs is 1. The minimum atomic E-state index is -0.169. The van der Waals surface area contributed by atoms with Crippen LogP contribution in [0.3, 0.4) is 0 Å². The monoisotopic (exact) mass is 339 g/mol. The summed E-state index contributed by atoms with van der Waals surface area (Å²) >= 11 is 6.84. The number of ether oxygens (including phenoxy) is 2. The van der Waals surface area contributed by atoms with Gasteiger partial charge in [-0.1, -0.05) is 42.2 Å². The van der Waals surface area contributed by atoms with Gasteiger partial charge in [-0.25, -0.2) is 0 Å². The summed E-state index contributed by atoms with van der Waals surface area (Å²) < 4.78 is 11.3. The number of hydrogen-bond acceptors (Lipinski definition) is 5. The Hall–Kier alpha value is -1.27. The molecule has 22 heavy (non-hydrogen) atoms. The van der Waals surface area contributed by atoms with E-state index < -0.39 is 0 Å². The Bertz CT molecular complexity index is 497. The maximum Gasteiger partial charge on any atom is 0.305 e. The molecule has 1 aliphatic heterocycles. The average Bonchev–Trinajstić information content (AvgIpc) is 2.94. The molecule has 1 aromatic carbocycles. The summed E-state index contributed by atoms with van der Waals surface area (Å²) in [6.07, 6.45) is 3.35. The second-order valence-electron chi connectivity index (χ2n) is 5.08. The van der Waals surface area contributed by atoms with Crippen LogP contribution in [-0.2, 0) is 16.0 Å². The van der Waals surface area contributed by atoms with Crippen molar-refractivity contribution in [2.24, 2.45) is 0 Å². The number of methoxy groups -OCH3 is 1. The van der Waals surface area contributed by atoms with Crippen molar-refractivity contribution in [2.75, 3.05) is 19.4 Å². The third-order valence-electron chi connectivity index (χ3n) is 3.44. The van der Waals surface area contributed by atoms with Crippen molar-refractivity contribution in [3.8, 4) is 5.75 Å². The molecule has 1 N–H and O–H groups in total. The highest BCUT2D eigenvalue weighted by Crippen LogP contribution is 2.29. The van der Waals surface area contributed by atoms with E-state index in [0.29, 0.717) is 6.42 Å². The summed E-state index contributed by atoms with van der Waals surface area (Å²) in [6.45, 7) is 0.807. The van der Waals surface area contributed by atoms with E-state index in [1.807, 2.05) is 18.2 Å². The number of carbonyl (C=O) groups is 1. The van der Waals surface area contributed by atoms with E-state index >= 15 is 0 Å². The van der Waals surface area contributed by atoms with E-state index in [1.165, 1.54) is 12.7 Å². The summed E-state index contributed by atoms with van der Waals surface area (Å²) in [5, 5.41) is 3.24. The van der Waals surface area contributed by atoms with Crippen LogP contribution < -0.4 is 10.1 Å². The summed E-state index contributed by atoms with van der Waals surface area (Å²) in [5.74, 6) is 1.66. The zero-order chi connectivity index (χ0) is 15.8. The SMILES string of the molecule is COC(=O)CCCSC(=S)NCCC1Cc2ccccc2O1. The van der Waals surface area contributed by atoms with Crippen LogP contribution in [0.4, 0.5) is 0 Å². The number of benzene rings is 1. The number of hydrogen-bond donors (Lipinski definition) is 1. The second kappa shape index (κ2) is 9.00. The maximum absolute atomic E-state index is 11.0. The van der Waals surface area contributed by atoms with Gasteiger partial charge in [0, 0.05) is 31.6 Å². The van der Waals surface area contributed by atoms with Gasteiger partial charge in [0.05, 0.1) is 7.11 Å². The van der Waals surface area contributed by atoms with Gasteiger partial charge in [-0.3, -0.25) is 4.79 Å². The minimum Gasteiger partial charge on any atom is -0.490 e. The van der Waals surface area contributed by atoms with Gasteiger partial charge in [0.15, 0.2) is 0 Å². The van der Waals surface area contributed by atoms with Crippen LogP contribution in [0.1, 0.15) is 24.8 Å². The lowest BCUT2D eigenvalue weighted by atomic mass is 10.1. The maximum atomic E-state index is 11.0. The summed E-state index contributed by atoms with van der Waals surface area (Å²) in [6, 6.07) is 8.18. The number of nitrogens with one attached hydrogen (secondary N) is 1. The second-order valence-corrected chi connectivity index (χ2v) is 6.85. The van der Waals surface area contributed by atoms with E-state index in [1.54, 1.807) is 11.8 Å². The summed E-state index contributed by atoms with van der Waals surface area (Å²) in [4.78, 5) is 11.0. The molecule has 1 heterocycles. The molecule has 0 bridgehead atoms. The fraction of sp³-hybridized carbons (Fsp3) is 0.500. The molecular formula is C16H21NO3S2. The first-order valence-corrected chi connectivity index (χ1v) is 8.80. The third kappa shape index (κ3) is 5.50. The molecule has 0 fully saturated rings. The van der Waals surface area contributed by atoms with Crippen molar-refractivity contribution in [1.82, 2.24) is 5.32 Å². The molecule has 120 valence electrons. The van der Waals surface area contributed by atoms with Gasteiger partial charge in [0.2, 0.25) is 0 Å². The molecule has 0 spiro atoms. The summed E-state index contributed by atoms with van der Waals surface area (Å²) in [5.41, 5.74) is 1.28. The standard InChI is InChI=1S/C16H21NO3S2/c1-19-15(18)7-4-10-22-16(21)17-9-8-13-11-12-5-2-3-6-14(12)20-13/h2-3,5-6,13H,4,7-11H2,1H3,(H,17,21). The quantitative estimate of drug-likeness (QED) is 0.468. The normalized spacial score (nSPS) is 15.8. The molecule has 2 rings (SSSR count). The van der Waals surface area contributed by atoms with Gasteiger partial charge in [0.25, 0.3) is 0 Å². The molecule has 1 atom stereocenters. The number of thiocarbonyl (C=S) groups is 1. The Morgan fingerprint density at radius 3 is 3.09 bits per heavy atom. The highest BCUT2D eigenvalue weighted by molar-refractivity contribution is 8.22. The van der Waals surface area contributed by atoms with Gasteiger partial charge in [0.1, 0.15) is 16.2 Å². The lowest BCUT2D eigenvalue weighted by Gasteiger charge is -2.12. The average molecular weight is 339 g/mol. The van der Waals surface area contributed by atoms with Crippen LogP contribution in [0.15, 0.2) is 24.3 Å². The molecule has 1 aliphatic rings. The molecule has 0 amide bonds. The highest BCUT2D eigenvalue weighted by Gasteiger charge is 2.21. The van der Waals surface area contributed by atoms with Gasteiger partial charge in [-0.15, -0.1) is 0 Å². The molecule has 1 unspecified atom stereocenters. The molecule has 0 aromatic heterocycles. The van der Waals surface area contributed by atoms with Gasteiger partial charge in [-0.05, 0) is 18.1 Å². The van der Waals surface area contributed by atoms with E-state index in [0.717, 1.165) is 41.6 Å². The van der Waals surface area contributed by atoms with Crippen LogP contribution in [0.2, 0.25) is 0 Å². The Morgan fingerprint density at radius 2 is 2.32 bits per heavy atom. The number of thioether (sulfide) groups is 1. The number of para-hydroxylation sites is 1. The minimum absolute atomic E-state index is 0.169. The van der Waals surface area contributed by atoms with E-state index in [-0.39, 0.29) is 12.1 Å². The molecule has 0 aliphatic carbocycles. The van der Waals surface area contributed by atoms with E-state index in [9.17, 15) is 4.79 Å². The molecular weight excluding hydrogens is 318 g/mol. The fourth-order valence-electron chi connectivity index (χ4n) is 2.28. The molecule has 4 nitrogen and oxygen atoms in total. The number of carbonyl (C=O) groups excluding carboxylic acids is 1. The van der Waals surface area contributed by atoms with Gasteiger partial charge in [-0.2, -0.15) is 0 Å². The molecule has 0 saturated heterocycles. The largest absolute Gasteiger partial charge is 0.490 e. The van der Waals surface area contributed by atoms with Gasteiger partial charge < -0.3 is 14.8 Å². The lowest BCUT2D eigenvalue weighted by molar-refractivity contribution is -0.140. The molecule has 1 aromatic rings. The highest BCUT2D eigenvalue weighted by atomic mass is 32.2. The van der Waals surface area contributed by atoms with Crippen molar-refractivity contribution in [1.29, 1.82) is 0 Å². The van der Waals surface area contributed by atoms with Crippen LogP contribution in [0.25, 0.3) is 0 Å². The smallest absolute Gasteiger partial charge is 0.305 e. The van der Waals surface area contributed by atoms with E-state index in [2.05, 4.69) is 16.1 Å². The topological polar surface area (TPSA) is 47.6 Å². The predicted molar refractivity (Wildman–Crippen MR) is 93.5 cm³/mol. The first kappa shape index (κ1) is 17.1. The zero-order valence-electron chi connectivity index (χ0n) is 12.7. The third-order valence-corrected chi connectivity index (χ3v) is 4.83. The summed E-state index contributed by atoms with van der Waals surface area (Å²) in [7, 11) is 1.41. The first-order chi connectivity index (χ1) is 10.7.